The van der Waals surface area contributed by atoms with Crippen molar-refractivity contribution in [3.05, 3.63) is 28.8 Å². The van der Waals surface area contributed by atoms with Gasteiger partial charge in [0, 0.05) is 13.0 Å². The predicted octanol–water partition coefficient (Wildman–Crippen LogP) is 2.00. The number of hydrogen-bond donors (Lipinski definition) is 1. The molecule has 1 rings (SSSR count). The first-order valence-corrected chi connectivity index (χ1v) is 7.09. The zero-order valence-electron chi connectivity index (χ0n) is 13.0. The molecule has 0 bridgehead atoms. The van der Waals surface area contributed by atoms with Crippen molar-refractivity contribution >= 4 is 35.1 Å². The Morgan fingerprint density at radius 2 is 1.95 bits per heavy atom. The Kier molecular flexibility index (Phi) is 6.37. The fourth-order valence-corrected chi connectivity index (χ4v) is 2.06. The van der Waals surface area contributed by atoms with Crippen molar-refractivity contribution in [1.29, 1.82) is 0 Å². The van der Waals surface area contributed by atoms with Crippen molar-refractivity contribution in [3.63, 3.8) is 0 Å². The van der Waals surface area contributed by atoms with E-state index in [9.17, 15) is 14.4 Å². The SMILES string of the molecule is COC(=O)c1ccc(Cl)c(N(CC(=O)NC(C)C)C(C)=O)c1. The molecule has 6 nitrogen and oxygen atoms in total. The standard InChI is InChI=1S/C15H19ClN2O4/c1-9(2)17-14(20)8-18(10(3)19)13-7-11(15(21)22-4)5-6-12(13)16/h5-7,9H,8H2,1-4H3,(H,17,20). The summed E-state index contributed by atoms with van der Waals surface area (Å²) in [6.45, 7) is 4.78. The Hall–Kier alpha value is -2.08. The van der Waals surface area contributed by atoms with Crippen LogP contribution in [0.15, 0.2) is 18.2 Å². The third kappa shape index (κ3) is 4.73. The van der Waals surface area contributed by atoms with Gasteiger partial charge in [-0.3, -0.25) is 9.59 Å². The first-order chi connectivity index (χ1) is 10.3. The molecular weight excluding hydrogens is 308 g/mol. The number of amides is 2. The molecule has 1 aromatic rings. The normalized spacial score (nSPS) is 10.3. The number of halogens is 1. The van der Waals surface area contributed by atoms with Crippen molar-refractivity contribution in [3.8, 4) is 0 Å². The third-order valence-corrected chi connectivity index (χ3v) is 3.11. The number of methoxy groups -OCH3 is 1. The van der Waals surface area contributed by atoms with Gasteiger partial charge in [0.1, 0.15) is 6.54 Å². The molecule has 0 aromatic heterocycles. The van der Waals surface area contributed by atoms with Gasteiger partial charge in [-0.25, -0.2) is 4.79 Å². The maximum absolute atomic E-state index is 11.9. The van der Waals surface area contributed by atoms with Crippen LogP contribution in [0.1, 0.15) is 31.1 Å². The third-order valence-electron chi connectivity index (χ3n) is 2.79. The lowest BCUT2D eigenvalue weighted by Crippen LogP contribution is -2.42. The monoisotopic (exact) mass is 326 g/mol. The highest BCUT2D eigenvalue weighted by Crippen LogP contribution is 2.27. The van der Waals surface area contributed by atoms with Crippen molar-refractivity contribution < 1.29 is 19.1 Å². The lowest BCUT2D eigenvalue weighted by atomic mass is 10.2. The summed E-state index contributed by atoms with van der Waals surface area (Å²) in [7, 11) is 1.26. The van der Waals surface area contributed by atoms with Crippen LogP contribution in [0.25, 0.3) is 0 Å². The fourth-order valence-electron chi connectivity index (χ4n) is 1.84. The van der Waals surface area contributed by atoms with Gasteiger partial charge in [-0.15, -0.1) is 0 Å². The van der Waals surface area contributed by atoms with Gasteiger partial charge < -0.3 is 15.0 Å². The molecule has 7 heteroatoms. The summed E-state index contributed by atoms with van der Waals surface area (Å²) in [5, 5.41) is 2.96. The summed E-state index contributed by atoms with van der Waals surface area (Å²) >= 11 is 6.09. The fraction of sp³-hybridized carbons (Fsp3) is 0.400. The second-order valence-electron chi connectivity index (χ2n) is 4.99. The van der Waals surface area contributed by atoms with E-state index in [1.165, 1.54) is 37.1 Å². The predicted molar refractivity (Wildman–Crippen MR) is 84.1 cm³/mol. The summed E-state index contributed by atoms with van der Waals surface area (Å²) in [4.78, 5) is 36.5. The summed E-state index contributed by atoms with van der Waals surface area (Å²) < 4.78 is 4.64. The van der Waals surface area contributed by atoms with E-state index >= 15 is 0 Å². The van der Waals surface area contributed by atoms with Crippen molar-refractivity contribution in [1.82, 2.24) is 5.32 Å². The Balaban J connectivity index is 3.13. The number of nitrogens with zero attached hydrogens (tertiary/aromatic N) is 1. The quantitative estimate of drug-likeness (QED) is 0.840. The molecule has 0 aliphatic heterocycles. The number of carbonyl (C=O) groups excluding carboxylic acids is 3. The Bertz CT molecular complexity index is 587. The van der Waals surface area contributed by atoms with Gasteiger partial charge in [0.25, 0.3) is 0 Å². The van der Waals surface area contributed by atoms with Crippen LogP contribution in [0.2, 0.25) is 5.02 Å². The molecule has 22 heavy (non-hydrogen) atoms. The van der Waals surface area contributed by atoms with Crippen molar-refractivity contribution in [2.45, 2.75) is 26.8 Å². The number of benzene rings is 1. The molecule has 2 amide bonds. The van der Waals surface area contributed by atoms with Crippen molar-refractivity contribution in [2.24, 2.45) is 0 Å². The molecule has 0 saturated carbocycles. The Morgan fingerprint density at radius 1 is 1.32 bits per heavy atom. The molecule has 0 unspecified atom stereocenters. The molecule has 0 spiro atoms. The van der Waals surface area contributed by atoms with Gasteiger partial charge in [-0.1, -0.05) is 11.6 Å². The molecule has 0 saturated heterocycles. The van der Waals surface area contributed by atoms with E-state index in [-0.39, 0.29) is 40.7 Å². The lowest BCUT2D eigenvalue weighted by Gasteiger charge is -2.23. The molecule has 0 radical (unpaired) electrons. The first kappa shape index (κ1) is 18.0. The Morgan fingerprint density at radius 3 is 2.45 bits per heavy atom. The van der Waals surface area contributed by atoms with Gasteiger partial charge in [0.2, 0.25) is 11.8 Å². The molecule has 0 atom stereocenters. The minimum atomic E-state index is -0.548. The van der Waals surface area contributed by atoms with Crippen LogP contribution in [-0.4, -0.2) is 37.5 Å². The van der Waals surface area contributed by atoms with Gasteiger partial charge >= 0.3 is 5.97 Å². The average Bonchev–Trinajstić information content (AvgIpc) is 2.43. The summed E-state index contributed by atoms with van der Waals surface area (Å²) in [5.41, 5.74) is 0.536. The maximum Gasteiger partial charge on any atom is 0.337 e. The number of rotatable bonds is 5. The van der Waals surface area contributed by atoms with Crippen LogP contribution in [0, 0.1) is 0 Å². The summed E-state index contributed by atoms with van der Waals surface area (Å²) in [5.74, 6) is -1.22. The smallest absolute Gasteiger partial charge is 0.337 e. The van der Waals surface area contributed by atoms with Gasteiger partial charge in [-0.2, -0.15) is 0 Å². The highest BCUT2D eigenvalue weighted by atomic mass is 35.5. The molecule has 0 aliphatic rings. The molecular formula is C15H19ClN2O4. The van der Waals surface area contributed by atoms with E-state index in [1.54, 1.807) is 0 Å². The van der Waals surface area contributed by atoms with Gasteiger partial charge in [-0.05, 0) is 32.0 Å². The van der Waals surface area contributed by atoms with E-state index < -0.39 is 5.97 Å². The zero-order chi connectivity index (χ0) is 16.9. The number of nitrogens with one attached hydrogen (secondary N) is 1. The van der Waals surface area contributed by atoms with Gasteiger partial charge in [0.05, 0.1) is 23.4 Å². The molecule has 1 N–H and O–H groups in total. The van der Waals surface area contributed by atoms with E-state index in [0.29, 0.717) is 0 Å². The summed E-state index contributed by atoms with van der Waals surface area (Å²) in [6.07, 6.45) is 0. The molecule has 0 aliphatic carbocycles. The number of carbonyl (C=O) groups is 3. The highest BCUT2D eigenvalue weighted by Gasteiger charge is 2.20. The van der Waals surface area contributed by atoms with Crippen molar-refractivity contribution in [2.75, 3.05) is 18.6 Å². The number of esters is 1. The Labute approximate surface area is 134 Å². The number of ether oxygens (including phenoxy) is 1. The molecule has 120 valence electrons. The van der Waals surface area contributed by atoms with Crippen LogP contribution in [0.4, 0.5) is 5.69 Å². The lowest BCUT2D eigenvalue weighted by molar-refractivity contribution is -0.123. The van der Waals surface area contributed by atoms with Crippen LogP contribution < -0.4 is 10.2 Å². The topological polar surface area (TPSA) is 75.7 Å². The van der Waals surface area contributed by atoms with Crippen LogP contribution in [0.5, 0.6) is 0 Å². The van der Waals surface area contributed by atoms with E-state index in [4.69, 9.17) is 11.6 Å². The summed E-state index contributed by atoms with van der Waals surface area (Å²) in [6, 6.07) is 4.36. The second-order valence-corrected chi connectivity index (χ2v) is 5.39. The average molecular weight is 327 g/mol. The van der Waals surface area contributed by atoms with Gasteiger partial charge in [0.15, 0.2) is 0 Å². The number of anilines is 1. The second kappa shape index (κ2) is 7.79. The van der Waals surface area contributed by atoms with Crippen LogP contribution >= 0.6 is 11.6 Å². The maximum atomic E-state index is 11.9. The minimum Gasteiger partial charge on any atom is -0.465 e. The first-order valence-electron chi connectivity index (χ1n) is 6.71. The largest absolute Gasteiger partial charge is 0.465 e. The molecule has 0 fully saturated rings. The zero-order valence-corrected chi connectivity index (χ0v) is 13.7. The van der Waals surface area contributed by atoms with E-state index in [1.807, 2.05) is 13.8 Å². The van der Waals surface area contributed by atoms with E-state index in [0.717, 1.165) is 0 Å². The van der Waals surface area contributed by atoms with E-state index in [2.05, 4.69) is 10.1 Å². The minimum absolute atomic E-state index is 0.0433. The molecule has 0 heterocycles. The number of hydrogen-bond acceptors (Lipinski definition) is 4. The molecule has 1 aromatic carbocycles. The van der Waals surface area contributed by atoms with Crippen LogP contribution in [-0.2, 0) is 14.3 Å². The highest BCUT2D eigenvalue weighted by molar-refractivity contribution is 6.34. The van der Waals surface area contributed by atoms with Crippen LogP contribution in [0.3, 0.4) is 0 Å².